The summed E-state index contributed by atoms with van der Waals surface area (Å²) in [5.74, 6) is 1.49. The molecule has 0 bridgehead atoms. The number of hydrogen-bond acceptors (Lipinski definition) is 5. The Kier molecular flexibility index (Phi) is 5.24. The van der Waals surface area contributed by atoms with Gasteiger partial charge in [0.2, 0.25) is 0 Å². The molecule has 2 saturated heterocycles. The SMILES string of the molecule is COc1cccc(CN2C[C@@H]3CN(Cc4cnn(C)c4)CCO[C@@H]3C2)c1. The molecule has 1 aromatic carbocycles. The minimum Gasteiger partial charge on any atom is -0.497 e. The van der Waals surface area contributed by atoms with Crippen LogP contribution in [0.25, 0.3) is 0 Å². The smallest absolute Gasteiger partial charge is 0.119 e. The first kappa shape index (κ1) is 17.5. The zero-order valence-electron chi connectivity index (χ0n) is 15.7. The van der Waals surface area contributed by atoms with Crippen LogP contribution in [0.1, 0.15) is 11.1 Å². The van der Waals surface area contributed by atoms with Crippen molar-refractivity contribution < 1.29 is 9.47 Å². The number of fused-ring (bicyclic) bond motifs is 1. The number of rotatable bonds is 5. The summed E-state index contributed by atoms with van der Waals surface area (Å²) in [6.07, 6.45) is 4.42. The minimum atomic E-state index is 0.347. The zero-order chi connectivity index (χ0) is 17.9. The molecule has 3 heterocycles. The van der Waals surface area contributed by atoms with Gasteiger partial charge in [-0.2, -0.15) is 5.10 Å². The Balaban J connectivity index is 1.36. The lowest BCUT2D eigenvalue weighted by Crippen LogP contribution is -2.32. The molecule has 0 N–H and O–H groups in total. The summed E-state index contributed by atoms with van der Waals surface area (Å²) in [6, 6.07) is 8.36. The molecule has 4 rings (SSSR count). The van der Waals surface area contributed by atoms with Gasteiger partial charge in [-0.25, -0.2) is 0 Å². The van der Waals surface area contributed by atoms with Crippen molar-refractivity contribution in [1.29, 1.82) is 0 Å². The van der Waals surface area contributed by atoms with Gasteiger partial charge in [-0.05, 0) is 17.7 Å². The highest BCUT2D eigenvalue weighted by Gasteiger charge is 2.36. The third-order valence-electron chi connectivity index (χ3n) is 5.39. The second-order valence-electron chi connectivity index (χ2n) is 7.47. The van der Waals surface area contributed by atoms with Crippen molar-refractivity contribution in [3.8, 4) is 5.75 Å². The van der Waals surface area contributed by atoms with Crippen molar-refractivity contribution in [2.24, 2.45) is 13.0 Å². The third kappa shape index (κ3) is 4.09. The molecule has 26 heavy (non-hydrogen) atoms. The van der Waals surface area contributed by atoms with E-state index in [1.165, 1.54) is 11.1 Å². The van der Waals surface area contributed by atoms with Gasteiger partial charge in [0, 0.05) is 64.0 Å². The molecule has 1 aromatic heterocycles. The van der Waals surface area contributed by atoms with Crippen molar-refractivity contribution in [3.05, 3.63) is 47.8 Å². The van der Waals surface area contributed by atoms with Gasteiger partial charge in [0.25, 0.3) is 0 Å². The molecule has 6 heteroatoms. The first-order valence-electron chi connectivity index (χ1n) is 9.36. The molecule has 0 amide bonds. The van der Waals surface area contributed by atoms with Crippen molar-refractivity contribution in [3.63, 3.8) is 0 Å². The van der Waals surface area contributed by atoms with Gasteiger partial charge >= 0.3 is 0 Å². The normalized spacial score (nSPS) is 24.4. The second kappa shape index (κ2) is 7.78. The van der Waals surface area contributed by atoms with Crippen molar-refractivity contribution in [1.82, 2.24) is 19.6 Å². The number of benzene rings is 1. The standard InChI is InChI=1S/C20H28N4O2/c1-22-10-17(9-21-22)12-23-6-7-26-20-15-24(14-18(20)13-23)11-16-4-3-5-19(8-16)25-2/h3-5,8-10,18,20H,6-7,11-15H2,1-2H3/t18-,20+/m0/s1. The Bertz CT molecular complexity index is 732. The topological polar surface area (TPSA) is 42.8 Å². The first-order valence-corrected chi connectivity index (χ1v) is 9.36. The number of likely N-dealkylation sites (tertiary alicyclic amines) is 1. The molecular weight excluding hydrogens is 328 g/mol. The fourth-order valence-electron chi connectivity index (χ4n) is 4.16. The number of nitrogens with zero attached hydrogens (tertiary/aromatic N) is 4. The highest BCUT2D eigenvalue weighted by Crippen LogP contribution is 2.26. The summed E-state index contributed by atoms with van der Waals surface area (Å²) in [4.78, 5) is 5.02. The quantitative estimate of drug-likeness (QED) is 0.817. The summed E-state index contributed by atoms with van der Waals surface area (Å²) in [5.41, 5.74) is 2.57. The maximum Gasteiger partial charge on any atom is 0.119 e. The van der Waals surface area contributed by atoms with Crippen LogP contribution in [0.2, 0.25) is 0 Å². The van der Waals surface area contributed by atoms with Crippen LogP contribution in [0.3, 0.4) is 0 Å². The fraction of sp³-hybridized carbons (Fsp3) is 0.550. The number of aryl methyl sites for hydroxylation is 1. The lowest BCUT2D eigenvalue weighted by Gasteiger charge is -2.23. The van der Waals surface area contributed by atoms with E-state index in [1.54, 1.807) is 7.11 Å². The van der Waals surface area contributed by atoms with Crippen molar-refractivity contribution in [2.75, 3.05) is 39.9 Å². The van der Waals surface area contributed by atoms with Crippen LogP contribution < -0.4 is 4.74 Å². The first-order chi connectivity index (χ1) is 12.7. The van der Waals surface area contributed by atoms with Crippen LogP contribution >= 0.6 is 0 Å². The molecule has 2 fully saturated rings. The average Bonchev–Trinajstić information content (AvgIpc) is 3.16. The maximum absolute atomic E-state index is 6.18. The molecular formula is C20H28N4O2. The molecule has 2 aliphatic rings. The average molecular weight is 356 g/mol. The molecule has 0 radical (unpaired) electrons. The van der Waals surface area contributed by atoms with E-state index in [9.17, 15) is 0 Å². The Morgan fingerprint density at radius 3 is 2.81 bits per heavy atom. The predicted octanol–water partition coefficient (Wildman–Crippen LogP) is 1.76. The highest BCUT2D eigenvalue weighted by molar-refractivity contribution is 5.28. The van der Waals surface area contributed by atoms with Crippen LogP contribution in [-0.4, -0.2) is 65.6 Å². The zero-order valence-corrected chi connectivity index (χ0v) is 15.7. The predicted molar refractivity (Wildman–Crippen MR) is 100.0 cm³/mol. The van der Waals surface area contributed by atoms with Gasteiger partial charge < -0.3 is 9.47 Å². The molecule has 0 saturated carbocycles. The van der Waals surface area contributed by atoms with Gasteiger partial charge in [-0.15, -0.1) is 0 Å². The molecule has 0 spiro atoms. The fourth-order valence-corrected chi connectivity index (χ4v) is 4.16. The van der Waals surface area contributed by atoms with Crippen molar-refractivity contribution in [2.45, 2.75) is 19.2 Å². The number of methoxy groups -OCH3 is 1. The van der Waals surface area contributed by atoms with E-state index in [0.717, 1.165) is 51.6 Å². The summed E-state index contributed by atoms with van der Waals surface area (Å²) in [5, 5.41) is 4.29. The molecule has 2 aliphatic heterocycles. The van der Waals surface area contributed by atoms with Crippen LogP contribution in [0.4, 0.5) is 0 Å². The van der Waals surface area contributed by atoms with Crippen molar-refractivity contribution >= 4 is 0 Å². The Morgan fingerprint density at radius 2 is 2.00 bits per heavy atom. The summed E-state index contributed by atoms with van der Waals surface area (Å²) < 4.78 is 13.4. The second-order valence-corrected chi connectivity index (χ2v) is 7.47. The van der Waals surface area contributed by atoms with E-state index in [4.69, 9.17) is 9.47 Å². The molecule has 2 atom stereocenters. The van der Waals surface area contributed by atoms with E-state index in [1.807, 2.05) is 24.0 Å². The minimum absolute atomic E-state index is 0.347. The molecule has 2 aromatic rings. The molecule has 0 unspecified atom stereocenters. The van der Waals surface area contributed by atoms with E-state index >= 15 is 0 Å². The van der Waals surface area contributed by atoms with Gasteiger partial charge in [-0.3, -0.25) is 14.5 Å². The maximum atomic E-state index is 6.18. The Morgan fingerprint density at radius 1 is 1.15 bits per heavy atom. The Labute approximate surface area is 155 Å². The van der Waals surface area contributed by atoms with E-state index in [-0.39, 0.29) is 0 Å². The highest BCUT2D eigenvalue weighted by atomic mass is 16.5. The van der Waals surface area contributed by atoms with Crippen LogP contribution in [-0.2, 0) is 24.9 Å². The summed E-state index contributed by atoms with van der Waals surface area (Å²) >= 11 is 0. The van der Waals surface area contributed by atoms with E-state index in [0.29, 0.717) is 12.0 Å². The van der Waals surface area contributed by atoms with Crippen LogP contribution in [0, 0.1) is 5.92 Å². The van der Waals surface area contributed by atoms with Gasteiger partial charge in [0.1, 0.15) is 5.75 Å². The van der Waals surface area contributed by atoms with Gasteiger partial charge in [-0.1, -0.05) is 12.1 Å². The Hall–Kier alpha value is -1.89. The van der Waals surface area contributed by atoms with Crippen LogP contribution in [0.5, 0.6) is 5.75 Å². The molecule has 6 nitrogen and oxygen atoms in total. The summed E-state index contributed by atoms with van der Waals surface area (Å²) in [7, 11) is 3.69. The monoisotopic (exact) mass is 356 g/mol. The van der Waals surface area contributed by atoms with Crippen LogP contribution in [0.15, 0.2) is 36.7 Å². The summed E-state index contributed by atoms with van der Waals surface area (Å²) in [6.45, 7) is 6.92. The van der Waals surface area contributed by atoms with E-state index in [2.05, 4.69) is 39.3 Å². The molecule has 0 aliphatic carbocycles. The lowest BCUT2D eigenvalue weighted by atomic mass is 10.1. The van der Waals surface area contributed by atoms with E-state index < -0.39 is 0 Å². The number of ether oxygens (including phenoxy) is 2. The molecule has 140 valence electrons. The largest absolute Gasteiger partial charge is 0.497 e. The third-order valence-corrected chi connectivity index (χ3v) is 5.39. The van der Waals surface area contributed by atoms with Gasteiger partial charge in [0.05, 0.1) is 26.0 Å². The van der Waals surface area contributed by atoms with Gasteiger partial charge in [0.15, 0.2) is 0 Å². The number of hydrogen-bond donors (Lipinski definition) is 0. The lowest BCUT2D eigenvalue weighted by molar-refractivity contribution is 0.0510. The number of aromatic nitrogens is 2.